The van der Waals surface area contributed by atoms with Crippen molar-refractivity contribution in [2.24, 2.45) is 0 Å². The van der Waals surface area contributed by atoms with Crippen LogP contribution in [-0.4, -0.2) is 7.11 Å². The maximum Gasteiger partial charge on any atom is 0.270 e. The highest BCUT2D eigenvalue weighted by Crippen LogP contribution is 2.26. The molecule has 0 N–H and O–H groups in total. The quantitative estimate of drug-likeness (QED) is 0.716. The molecule has 0 spiro atoms. The molecule has 0 aromatic heterocycles. The Hall–Kier alpha value is -1.09. The first-order valence-electron chi connectivity index (χ1n) is 3.49. The average Bonchev–Trinajstić information content (AvgIpc) is 2.07. The minimum Gasteiger partial charge on any atom is -0.495 e. The molecule has 0 radical (unpaired) electrons. The van der Waals surface area contributed by atoms with Crippen LogP contribution >= 0.6 is 11.6 Å². The van der Waals surface area contributed by atoms with Gasteiger partial charge in [-0.3, -0.25) is 0 Å². The van der Waals surface area contributed by atoms with Gasteiger partial charge in [0, 0.05) is 6.08 Å². The van der Waals surface area contributed by atoms with Crippen molar-refractivity contribution in [3.8, 4) is 5.75 Å². The van der Waals surface area contributed by atoms with E-state index in [1.165, 1.54) is 25.3 Å². The first-order chi connectivity index (χ1) is 6.13. The SMILES string of the molecule is COc1cc(C=C(F)F)ccc1Cl. The second kappa shape index (κ2) is 4.23. The molecule has 70 valence electrons. The zero-order chi connectivity index (χ0) is 9.84. The smallest absolute Gasteiger partial charge is 0.270 e. The summed E-state index contributed by atoms with van der Waals surface area (Å²) in [6.45, 7) is 0. The normalized spacial score (nSPS) is 9.54. The van der Waals surface area contributed by atoms with Gasteiger partial charge in [0.05, 0.1) is 12.1 Å². The Morgan fingerprint density at radius 1 is 1.46 bits per heavy atom. The summed E-state index contributed by atoms with van der Waals surface area (Å²) in [5, 5.41) is 0.402. The van der Waals surface area contributed by atoms with Crippen LogP contribution in [0.3, 0.4) is 0 Å². The zero-order valence-corrected chi connectivity index (χ0v) is 7.61. The highest BCUT2D eigenvalue weighted by molar-refractivity contribution is 6.32. The maximum atomic E-state index is 11.8. The van der Waals surface area contributed by atoms with E-state index in [0.29, 0.717) is 16.3 Å². The van der Waals surface area contributed by atoms with Crippen LogP contribution in [0.2, 0.25) is 5.02 Å². The van der Waals surface area contributed by atoms with Gasteiger partial charge in [0.15, 0.2) is 0 Å². The van der Waals surface area contributed by atoms with Crippen LogP contribution < -0.4 is 4.74 Å². The summed E-state index contributed by atoms with van der Waals surface area (Å²) in [6, 6.07) is 4.45. The van der Waals surface area contributed by atoms with Gasteiger partial charge in [-0.1, -0.05) is 17.7 Å². The number of benzene rings is 1. The Balaban J connectivity index is 3.06. The summed E-state index contributed by atoms with van der Waals surface area (Å²) in [6.07, 6.45) is -0.997. The fraction of sp³-hybridized carbons (Fsp3) is 0.111. The van der Waals surface area contributed by atoms with Gasteiger partial charge in [-0.15, -0.1) is 0 Å². The third kappa shape index (κ3) is 2.70. The molecule has 0 bridgehead atoms. The molecule has 1 aromatic carbocycles. The molecule has 13 heavy (non-hydrogen) atoms. The molecule has 0 atom stereocenters. The van der Waals surface area contributed by atoms with E-state index < -0.39 is 6.08 Å². The van der Waals surface area contributed by atoms with E-state index in [9.17, 15) is 8.78 Å². The number of hydrogen-bond donors (Lipinski definition) is 0. The third-order valence-electron chi connectivity index (χ3n) is 1.45. The predicted octanol–water partition coefficient (Wildman–Crippen LogP) is 3.59. The van der Waals surface area contributed by atoms with Gasteiger partial charge in [0.1, 0.15) is 5.75 Å². The molecule has 1 nitrogen and oxygen atoms in total. The highest BCUT2D eigenvalue weighted by atomic mass is 35.5. The Morgan fingerprint density at radius 2 is 2.15 bits per heavy atom. The van der Waals surface area contributed by atoms with Crippen LogP contribution in [0.25, 0.3) is 6.08 Å². The number of methoxy groups -OCH3 is 1. The summed E-state index contributed by atoms with van der Waals surface area (Å²) in [5.41, 5.74) is 0.362. The van der Waals surface area contributed by atoms with Crippen molar-refractivity contribution in [1.82, 2.24) is 0 Å². The average molecular weight is 205 g/mol. The number of ether oxygens (including phenoxy) is 1. The van der Waals surface area contributed by atoms with E-state index in [1.807, 2.05) is 0 Å². The third-order valence-corrected chi connectivity index (χ3v) is 1.76. The van der Waals surface area contributed by atoms with Gasteiger partial charge in [-0.25, -0.2) is 0 Å². The van der Waals surface area contributed by atoms with Crippen LogP contribution in [0.1, 0.15) is 5.56 Å². The van der Waals surface area contributed by atoms with Crippen LogP contribution in [0.4, 0.5) is 8.78 Å². The van der Waals surface area contributed by atoms with E-state index in [4.69, 9.17) is 16.3 Å². The lowest BCUT2D eigenvalue weighted by molar-refractivity contribution is 0.414. The van der Waals surface area contributed by atoms with Crippen molar-refractivity contribution >= 4 is 17.7 Å². The fourth-order valence-electron chi connectivity index (χ4n) is 0.892. The van der Waals surface area contributed by atoms with E-state index in [0.717, 1.165) is 6.08 Å². The van der Waals surface area contributed by atoms with E-state index in [1.54, 1.807) is 0 Å². The van der Waals surface area contributed by atoms with Gasteiger partial charge in [0.25, 0.3) is 6.08 Å². The van der Waals surface area contributed by atoms with Crippen molar-refractivity contribution in [1.29, 1.82) is 0 Å². The molecule has 0 aliphatic carbocycles. The maximum absolute atomic E-state index is 11.8. The van der Waals surface area contributed by atoms with Gasteiger partial charge in [0.2, 0.25) is 0 Å². The zero-order valence-electron chi connectivity index (χ0n) is 6.85. The van der Waals surface area contributed by atoms with E-state index in [-0.39, 0.29) is 0 Å². The summed E-state index contributed by atoms with van der Waals surface area (Å²) in [5.74, 6) is 0.386. The largest absolute Gasteiger partial charge is 0.495 e. The van der Waals surface area contributed by atoms with Crippen LogP contribution in [0, 0.1) is 0 Å². The molecule has 0 aliphatic rings. The molecule has 0 saturated heterocycles. The molecule has 0 aliphatic heterocycles. The molecule has 0 amide bonds. The second-order valence-electron chi connectivity index (χ2n) is 2.33. The predicted molar refractivity (Wildman–Crippen MR) is 48.2 cm³/mol. The Kier molecular flexibility index (Phi) is 3.25. The Morgan fingerprint density at radius 3 is 2.69 bits per heavy atom. The summed E-state index contributed by atoms with van der Waals surface area (Å²) >= 11 is 5.70. The van der Waals surface area contributed by atoms with Gasteiger partial charge in [-0.2, -0.15) is 8.78 Å². The van der Waals surface area contributed by atoms with Gasteiger partial charge < -0.3 is 4.74 Å². The van der Waals surface area contributed by atoms with Crippen molar-refractivity contribution < 1.29 is 13.5 Å². The van der Waals surface area contributed by atoms with Crippen molar-refractivity contribution in [3.05, 3.63) is 34.9 Å². The Labute approximate surface area is 79.6 Å². The molecule has 4 heteroatoms. The van der Waals surface area contributed by atoms with Crippen molar-refractivity contribution in [2.45, 2.75) is 0 Å². The second-order valence-corrected chi connectivity index (χ2v) is 2.74. The van der Waals surface area contributed by atoms with Crippen LogP contribution in [0.15, 0.2) is 24.3 Å². The fourth-order valence-corrected chi connectivity index (χ4v) is 1.09. The Bertz CT molecular complexity index is 332. The lowest BCUT2D eigenvalue weighted by atomic mass is 10.2. The number of hydrogen-bond acceptors (Lipinski definition) is 1. The van der Waals surface area contributed by atoms with Gasteiger partial charge >= 0.3 is 0 Å². The monoisotopic (exact) mass is 204 g/mol. The highest BCUT2D eigenvalue weighted by Gasteiger charge is 2.00. The molecule has 0 saturated carbocycles. The van der Waals surface area contributed by atoms with Crippen molar-refractivity contribution in [3.63, 3.8) is 0 Å². The topological polar surface area (TPSA) is 9.23 Å². The van der Waals surface area contributed by atoms with Crippen LogP contribution in [0.5, 0.6) is 5.75 Å². The molecular formula is C9H7ClF2O. The standard InChI is InChI=1S/C9H7ClF2O/c1-13-8-4-6(5-9(11)12)2-3-7(8)10/h2-5H,1H3. The van der Waals surface area contributed by atoms with Crippen LogP contribution in [-0.2, 0) is 0 Å². The summed E-state index contributed by atoms with van der Waals surface area (Å²) < 4.78 is 28.5. The minimum atomic E-state index is -1.75. The number of rotatable bonds is 2. The number of halogens is 3. The first-order valence-corrected chi connectivity index (χ1v) is 3.87. The molecular weight excluding hydrogens is 198 g/mol. The lowest BCUT2D eigenvalue weighted by Gasteiger charge is -2.02. The molecule has 0 heterocycles. The van der Waals surface area contributed by atoms with E-state index in [2.05, 4.69) is 0 Å². The van der Waals surface area contributed by atoms with Gasteiger partial charge in [-0.05, 0) is 17.7 Å². The first kappa shape index (κ1) is 9.99. The molecule has 0 fully saturated rings. The molecule has 0 unspecified atom stereocenters. The minimum absolute atomic E-state index is 0.362. The van der Waals surface area contributed by atoms with Crippen molar-refractivity contribution in [2.75, 3.05) is 7.11 Å². The summed E-state index contributed by atoms with van der Waals surface area (Å²) in [7, 11) is 1.43. The summed E-state index contributed by atoms with van der Waals surface area (Å²) in [4.78, 5) is 0. The molecule has 1 rings (SSSR count). The molecule has 1 aromatic rings. The van der Waals surface area contributed by atoms with E-state index >= 15 is 0 Å². The lowest BCUT2D eigenvalue weighted by Crippen LogP contribution is -1.84.